The normalized spacial score (nSPS) is 23.2. The Balaban J connectivity index is 0.00000162. The molecule has 0 aromatic carbocycles. The predicted octanol–water partition coefficient (Wildman–Crippen LogP) is 1.12. The van der Waals surface area contributed by atoms with E-state index in [2.05, 4.69) is 27.8 Å². The van der Waals surface area contributed by atoms with E-state index in [0.29, 0.717) is 11.6 Å². The first-order valence-electron chi connectivity index (χ1n) is 6.26. The van der Waals surface area contributed by atoms with Crippen LogP contribution >= 0.6 is 12.4 Å². The smallest absolute Gasteiger partial charge is 0.272 e. The van der Waals surface area contributed by atoms with Gasteiger partial charge in [-0.3, -0.25) is 9.89 Å². The van der Waals surface area contributed by atoms with Crippen molar-refractivity contribution >= 4 is 18.3 Å². The Labute approximate surface area is 114 Å². The number of piperidine rings is 1. The van der Waals surface area contributed by atoms with Crippen molar-refractivity contribution in [3.8, 4) is 0 Å². The van der Waals surface area contributed by atoms with Gasteiger partial charge in [0.25, 0.3) is 5.91 Å². The zero-order valence-corrected chi connectivity index (χ0v) is 11.6. The summed E-state index contributed by atoms with van der Waals surface area (Å²) in [5, 5.41) is 13.3. The molecule has 102 valence electrons. The SMILES string of the molecule is CCc1cc(C(=O)NC2CCNCC2C)n[nH]1.Cl. The molecule has 0 saturated carbocycles. The molecule has 5 nitrogen and oxygen atoms in total. The van der Waals surface area contributed by atoms with E-state index >= 15 is 0 Å². The number of hydrogen-bond acceptors (Lipinski definition) is 3. The molecule has 2 rings (SSSR count). The summed E-state index contributed by atoms with van der Waals surface area (Å²) in [5.41, 5.74) is 1.49. The minimum Gasteiger partial charge on any atom is -0.348 e. The van der Waals surface area contributed by atoms with Crippen LogP contribution in [0.1, 0.15) is 36.5 Å². The lowest BCUT2D eigenvalue weighted by molar-refractivity contribution is 0.0909. The third-order valence-electron chi connectivity index (χ3n) is 3.35. The van der Waals surface area contributed by atoms with Crippen molar-refractivity contribution in [1.82, 2.24) is 20.8 Å². The van der Waals surface area contributed by atoms with Gasteiger partial charge in [-0.05, 0) is 37.9 Å². The summed E-state index contributed by atoms with van der Waals surface area (Å²) in [6, 6.07) is 2.08. The first kappa shape index (κ1) is 15.0. The second-order valence-electron chi connectivity index (χ2n) is 4.68. The van der Waals surface area contributed by atoms with E-state index in [-0.39, 0.29) is 24.4 Å². The molecule has 0 radical (unpaired) electrons. The highest BCUT2D eigenvalue weighted by molar-refractivity contribution is 5.92. The fourth-order valence-electron chi connectivity index (χ4n) is 2.13. The molecule has 3 N–H and O–H groups in total. The van der Waals surface area contributed by atoms with Crippen molar-refractivity contribution in [2.45, 2.75) is 32.7 Å². The van der Waals surface area contributed by atoms with E-state index in [1.54, 1.807) is 0 Å². The van der Waals surface area contributed by atoms with Crippen LogP contribution in [0.5, 0.6) is 0 Å². The van der Waals surface area contributed by atoms with Crippen LogP contribution in [-0.4, -0.2) is 35.2 Å². The van der Waals surface area contributed by atoms with Crippen LogP contribution in [0.4, 0.5) is 0 Å². The average Bonchev–Trinajstić information content (AvgIpc) is 2.81. The largest absolute Gasteiger partial charge is 0.348 e. The van der Waals surface area contributed by atoms with Crippen LogP contribution < -0.4 is 10.6 Å². The van der Waals surface area contributed by atoms with Gasteiger partial charge in [0, 0.05) is 11.7 Å². The van der Waals surface area contributed by atoms with Gasteiger partial charge in [0.05, 0.1) is 0 Å². The molecular formula is C12H21ClN4O. The summed E-state index contributed by atoms with van der Waals surface area (Å²) >= 11 is 0. The van der Waals surface area contributed by atoms with Crippen LogP contribution in [0.3, 0.4) is 0 Å². The zero-order valence-electron chi connectivity index (χ0n) is 10.8. The number of halogens is 1. The van der Waals surface area contributed by atoms with Crippen molar-refractivity contribution < 1.29 is 4.79 Å². The number of carbonyl (C=O) groups excluding carboxylic acids is 1. The molecule has 6 heteroatoms. The Morgan fingerprint density at radius 3 is 3.00 bits per heavy atom. The van der Waals surface area contributed by atoms with Crippen LogP contribution in [0.2, 0.25) is 0 Å². The summed E-state index contributed by atoms with van der Waals surface area (Å²) in [5.74, 6) is 0.400. The average molecular weight is 273 g/mol. The minimum atomic E-state index is -0.0697. The van der Waals surface area contributed by atoms with E-state index in [1.807, 2.05) is 13.0 Å². The molecular weight excluding hydrogens is 252 g/mol. The number of nitrogens with zero attached hydrogens (tertiary/aromatic N) is 1. The molecule has 0 aliphatic carbocycles. The molecule has 1 aliphatic heterocycles. The van der Waals surface area contributed by atoms with E-state index in [1.165, 1.54) is 0 Å². The summed E-state index contributed by atoms with van der Waals surface area (Å²) in [4.78, 5) is 12.0. The minimum absolute atomic E-state index is 0. The molecule has 2 heterocycles. The number of amides is 1. The molecule has 1 aromatic rings. The maximum atomic E-state index is 12.0. The van der Waals surface area contributed by atoms with Crippen molar-refractivity contribution in [2.24, 2.45) is 5.92 Å². The first-order valence-corrected chi connectivity index (χ1v) is 6.26. The van der Waals surface area contributed by atoms with Gasteiger partial charge in [-0.2, -0.15) is 5.10 Å². The first-order chi connectivity index (χ1) is 8.20. The molecule has 2 unspecified atom stereocenters. The number of aromatic nitrogens is 2. The molecule has 1 saturated heterocycles. The second kappa shape index (κ2) is 6.75. The Bertz CT molecular complexity index is 393. The Hall–Kier alpha value is -1.07. The topological polar surface area (TPSA) is 69.8 Å². The summed E-state index contributed by atoms with van der Waals surface area (Å²) in [6.45, 7) is 6.12. The quantitative estimate of drug-likeness (QED) is 0.772. The summed E-state index contributed by atoms with van der Waals surface area (Å²) in [7, 11) is 0. The van der Waals surface area contributed by atoms with Crippen LogP contribution in [0, 0.1) is 5.92 Å². The van der Waals surface area contributed by atoms with Gasteiger partial charge in [0.2, 0.25) is 0 Å². The summed E-state index contributed by atoms with van der Waals surface area (Å²) < 4.78 is 0. The number of H-pyrrole nitrogens is 1. The standard InChI is InChI=1S/C12H20N4O.ClH/c1-3-9-6-11(16-15-9)12(17)14-10-4-5-13-7-8(10)2;/h6,8,10,13H,3-5,7H2,1-2H3,(H,14,17)(H,15,16);1H. The number of aromatic amines is 1. The van der Waals surface area contributed by atoms with Crippen molar-refractivity contribution in [3.05, 3.63) is 17.5 Å². The highest BCUT2D eigenvalue weighted by atomic mass is 35.5. The lowest BCUT2D eigenvalue weighted by Gasteiger charge is -2.29. The fraction of sp³-hybridized carbons (Fsp3) is 0.667. The highest BCUT2D eigenvalue weighted by Gasteiger charge is 2.23. The Kier molecular flexibility index (Phi) is 5.62. The maximum absolute atomic E-state index is 12.0. The van der Waals surface area contributed by atoms with Crippen LogP contribution in [0.15, 0.2) is 6.07 Å². The monoisotopic (exact) mass is 272 g/mol. The summed E-state index contributed by atoms with van der Waals surface area (Å²) in [6.07, 6.45) is 1.85. The third kappa shape index (κ3) is 3.46. The molecule has 1 aromatic heterocycles. The highest BCUT2D eigenvalue weighted by Crippen LogP contribution is 2.11. The molecule has 18 heavy (non-hydrogen) atoms. The Morgan fingerprint density at radius 1 is 1.61 bits per heavy atom. The van der Waals surface area contributed by atoms with E-state index < -0.39 is 0 Å². The second-order valence-corrected chi connectivity index (χ2v) is 4.68. The van der Waals surface area contributed by atoms with Gasteiger partial charge in [-0.15, -0.1) is 12.4 Å². The third-order valence-corrected chi connectivity index (χ3v) is 3.35. The predicted molar refractivity (Wildman–Crippen MR) is 73.1 cm³/mol. The van der Waals surface area contributed by atoms with Gasteiger partial charge in [0.15, 0.2) is 0 Å². The molecule has 2 atom stereocenters. The number of hydrogen-bond donors (Lipinski definition) is 3. The number of carbonyl (C=O) groups is 1. The molecule has 0 bridgehead atoms. The van der Waals surface area contributed by atoms with E-state index in [9.17, 15) is 4.79 Å². The van der Waals surface area contributed by atoms with E-state index in [4.69, 9.17) is 0 Å². The van der Waals surface area contributed by atoms with Gasteiger partial charge >= 0.3 is 0 Å². The van der Waals surface area contributed by atoms with Crippen molar-refractivity contribution in [3.63, 3.8) is 0 Å². The van der Waals surface area contributed by atoms with Crippen LogP contribution in [-0.2, 0) is 6.42 Å². The lowest BCUT2D eigenvalue weighted by atomic mass is 9.95. The number of aryl methyl sites for hydroxylation is 1. The molecule has 0 spiro atoms. The van der Waals surface area contributed by atoms with Gasteiger partial charge in [-0.25, -0.2) is 0 Å². The maximum Gasteiger partial charge on any atom is 0.272 e. The van der Waals surface area contributed by atoms with Gasteiger partial charge in [0.1, 0.15) is 5.69 Å². The number of nitrogens with one attached hydrogen (secondary N) is 3. The lowest BCUT2D eigenvalue weighted by Crippen LogP contribution is -2.48. The van der Waals surface area contributed by atoms with Gasteiger partial charge < -0.3 is 10.6 Å². The van der Waals surface area contributed by atoms with Crippen molar-refractivity contribution in [1.29, 1.82) is 0 Å². The zero-order chi connectivity index (χ0) is 12.3. The van der Waals surface area contributed by atoms with E-state index in [0.717, 1.165) is 31.6 Å². The molecule has 1 aliphatic rings. The fourth-order valence-corrected chi connectivity index (χ4v) is 2.13. The molecule has 1 fully saturated rings. The van der Waals surface area contributed by atoms with Gasteiger partial charge in [-0.1, -0.05) is 13.8 Å². The van der Waals surface area contributed by atoms with Crippen molar-refractivity contribution in [2.75, 3.05) is 13.1 Å². The number of rotatable bonds is 3. The molecule has 1 amide bonds. The Morgan fingerprint density at radius 2 is 2.39 bits per heavy atom. The van der Waals surface area contributed by atoms with Crippen LogP contribution in [0.25, 0.3) is 0 Å².